The molecule has 0 aromatic carbocycles. The van der Waals surface area contributed by atoms with Crippen molar-refractivity contribution in [3.05, 3.63) is 41.3 Å². The molecule has 3 heterocycles. The molecule has 1 fully saturated rings. The molecule has 0 amide bonds. The first-order valence-electron chi connectivity index (χ1n) is 7.50. The van der Waals surface area contributed by atoms with E-state index >= 15 is 0 Å². The SMILES string of the molecule is Cc1ccnc(N2CCCC(COc3ncccc3Cl)C2)n1. The van der Waals surface area contributed by atoms with Gasteiger partial charge in [-0.1, -0.05) is 11.6 Å². The summed E-state index contributed by atoms with van der Waals surface area (Å²) in [5.41, 5.74) is 0.989. The van der Waals surface area contributed by atoms with E-state index in [1.54, 1.807) is 18.3 Å². The van der Waals surface area contributed by atoms with Crippen molar-refractivity contribution < 1.29 is 4.74 Å². The summed E-state index contributed by atoms with van der Waals surface area (Å²) in [6.45, 7) is 4.48. The van der Waals surface area contributed by atoms with Gasteiger partial charge in [0.2, 0.25) is 11.8 Å². The predicted octanol–water partition coefficient (Wildman–Crippen LogP) is 3.13. The van der Waals surface area contributed by atoms with Crippen LogP contribution < -0.4 is 9.64 Å². The molecule has 0 aliphatic carbocycles. The Morgan fingerprint density at radius 2 is 2.23 bits per heavy atom. The van der Waals surface area contributed by atoms with Crippen molar-refractivity contribution >= 4 is 17.5 Å². The summed E-state index contributed by atoms with van der Waals surface area (Å²) in [7, 11) is 0. The highest BCUT2D eigenvalue weighted by atomic mass is 35.5. The zero-order chi connectivity index (χ0) is 15.4. The van der Waals surface area contributed by atoms with Crippen molar-refractivity contribution in [3.63, 3.8) is 0 Å². The van der Waals surface area contributed by atoms with Crippen LogP contribution in [0.4, 0.5) is 5.95 Å². The number of pyridine rings is 1. The Labute approximate surface area is 135 Å². The molecule has 3 rings (SSSR count). The lowest BCUT2D eigenvalue weighted by Crippen LogP contribution is -2.38. The second kappa shape index (κ2) is 6.92. The fraction of sp³-hybridized carbons (Fsp3) is 0.438. The topological polar surface area (TPSA) is 51.1 Å². The Bertz CT molecular complexity index is 637. The van der Waals surface area contributed by atoms with Crippen LogP contribution in [0.2, 0.25) is 5.02 Å². The molecule has 5 nitrogen and oxygen atoms in total. The van der Waals surface area contributed by atoms with E-state index in [2.05, 4.69) is 19.9 Å². The van der Waals surface area contributed by atoms with Gasteiger partial charge in [-0.05, 0) is 38.0 Å². The summed E-state index contributed by atoms with van der Waals surface area (Å²) in [6, 6.07) is 5.50. The van der Waals surface area contributed by atoms with Crippen molar-refractivity contribution in [2.75, 3.05) is 24.6 Å². The molecule has 1 unspecified atom stereocenters. The zero-order valence-corrected chi connectivity index (χ0v) is 13.3. The number of anilines is 1. The Kier molecular flexibility index (Phi) is 4.73. The Morgan fingerprint density at radius 3 is 3.05 bits per heavy atom. The first kappa shape index (κ1) is 15.0. The lowest BCUT2D eigenvalue weighted by Gasteiger charge is -2.32. The second-order valence-corrected chi connectivity index (χ2v) is 5.96. The van der Waals surface area contributed by atoms with Gasteiger partial charge in [-0.25, -0.2) is 15.0 Å². The van der Waals surface area contributed by atoms with Crippen LogP contribution in [0.15, 0.2) is 30.6 Å². The summed E-state index contributed by atoms with van der Waals surface area (Å²) >= 11 is 6.07. The van der Waals surface area contributed by atoms with E-state index in [1.807, 2.05) is 19.2 Å². The van der Waals surface area contributed by atoms with E-state index in [9.17, 15) is 0 Å². The first-order chi connectivity index (χ1) is 10.7. The summed E-state index contributed by atoms with van der Waals surface area (Å²) in [4.78, 5) is 15.3. The van der Waals surface area contributed by atoms with Crippen LogP contribution in [0.25, 0.3) is 0 Å². The number of aryl methyl sites for hydroxylation is 1. The zero-order valence-electron chi connectivity index (χ0n) is 12.6. The van der Waals surface area contributed by atoms with Crippen molar-refractivity contribution in [1.29, 1.82) is 0 Å². The van der Waals surface area contributed by atoms with E-state index < -0.39 is 0 Å². The molecular formula is C16H19ClN4O. The van der Waals surface area contributed by atoms with Gasteiger partial charge in [-0.15, -0.1) is 0 Å². The molecule has 0 N–H and O–H groups in total. The number of nitrogens with zero attached hydrogens (tertiary/aromatic N) is 4. The average Bonchev–Trinajstić information content (AvgIpc) is 2.54. The Balaban J connectivity index is 1.60. The molecule has 22 heavy (non-hydrogen) atoms. The smallest absolute Gasteiger partial charge is 0.232 e. The summed E-state index contributed by atoms with van der Waals surface area (Å²) in [6.07, 6.45) is 5.74. The number of hydrogen-bond donors (Lipinski definition) is 0. The minimum Gasteiger partial charge on any atom is -0.476 e. The Hall–Kier alpha value is -1.88. The molecule has 0 bridgehead atoms. The maximum atomic E-state index is 6.07. The third kappa shape index (κ3) is 3.65. The lowest BCUT2D eigenvalue weighted by atomic mass is 9.99. The largest absolute Gasteiger partial charge is 0.476 e. The molecule has 0 radical (unpaired) electrons. The number of hydrogen-bond acceptors (Lipinski definition) is 5. The maximum Gasteiger partial charge on any atom is 0.232 e. The number of halogens is 1. The molecule has 0 saturated carbocycles. The van der Waals surface area contributed by atoms with Crippen LogP contribution in [0, 0.1) is 12.8 Å². The number of ether oxygens (including phenoxy) is 1. The standard InChI is InChI=1S/C16H19ClN4O/c1-12-6-8-19-16(20-12)21-9-3-4-13(10-21)11-22-15-14(17)5-2-7-18-15/h2,5-8,13H,3-4,9-11H2,1H3. The minimum atomic E-state index is 0.427. The lowest BCUT2D eigenvalue weighted by molar-refractivity contribution is 0.221. The molecule has 116 valence electrons. The van der Waals surface area contributed by atoms with Crippen LogP contribution in [-0.2, 0) is 0 Å². The summed E-state index contributed by atoms with van der Waals surface area (Å²) in [5.74, 6) is 1.74. The van der Waals surface area contributed by atoms with Crippen LogP contribution in [-0.4, -0.2) is 34.6 Å². The van der Waals surface area contributed by atoms with Gasteiger partial charge in [-0.2, -0.15) is 0 Å². The van der Waals surface area contributed by atoms with E-state index in [1.165, 1.54) is 0 Å². The fourth-order valence-corrected chi connectivity index (χ4v) is 2.82. The molecule has 1 atom stereocenters. The van der Waals surface area contributed by atoms with E-state index in [0.717, 1.165) is 37.6 Å². The van der Waals surface area contributed by atoms with Gasteiger partial charge in [0.15, 0.2) is 0 Å². The van der Waals surface area contributed by atoms with E-state index in [-0.39, 0.29) is 0 Å². The minimum absolute atomic E-state index is 0.427. The van der Waals surface area contributed by atoms with Gasteiger partial charge >= 0.3 is 0 Å². The average molecular weight is 319 g/mol. The van der Waals surface area contributed by atoms with Crippen molar-refractivity contribution in [2.24, 2.45) is 5.92 Å². The van der Waals surface area contributed by atoms with Crippen LogP contribution in [0.3, 0.4) is 0 Å². The maximum absolute atomic E-state index is 6.07. The highest BCUT2D eigenvalue weighted by molar-refractivity contribution is 6.31. The highest BCUT2D eigenvalue weighted by Gasteiger charge is 2.22. The third-order valence-corrected chi connectivity index (χ3v) is 4.05. The fourth-order valence-electron chi connectivity index (χ4n) is 2.64. The third-order valence-electron chi connectivity index (χ3n) is 3.76. The summed E-state index contributed by atoms with van der Waals surface area (Å²) < 4.78 is 5.77. The number of rotatable bonds is 4. The van der Waals surface area contributed by atoms with Gasteiger partial charge in [0.25, 0.3) is 0 Å². The van der Waals surface area contributed by atoms with E-state index in [0.29, 0.717) is 23.4 Å². The molecular weight excluding hydrogens is 300 g/mol. The highest BCUT2D eigenvalue weighted by Crippen LogP contribution is 2.24. The van der Waals surface area contributed by atoms with Crippen molar-refractivity contribution in [2.45, 2.75) is 19.8 Å². The van der Waals surface area contributed by atoms with Crippen LogP contribution >= 0.6 is 11.6 Å². The molecule has 1 aliphatic heterocycles. The second-order valence-electron chi connectivity index (χ2n) is 5.55. The number of aromatic nitrogens is 3. The van der Waals surface area contributed by atoms with Crippen molar-refractivity contribution in [1.82, 2.24) is 15.0 Å². The molecule has 6 heteroatoms. The predicted molar refractivity (Wildman–Crippen MR) is 86.4 cm³/mol. The van der Waals surface area contributed by atoms with Crippen LogP contribution in [0.5, 0.6) is 5.88 Å². The molecule has 2 aromatic heterocycles. The van der Waals surface area contributed by atoms with Crippen molar-refractivity contribution in [3.8, 4) is 5.88 Å². The Morgan fingerprint density at radius 1 is 1.32 bits per heavy atom. The number of piperidine rings is 1. The first-order valence-corrected chi connectivity index (χ1v) is 7.88. The molecule has 1 aliphatic rings. The normalized spacial score (nSPS) is 18.3. The molecule has 2 aromatic rings. The van der Waals surface area contributed by atoms with Crippen LogP contribution in [0.1, 0.15) is 18.5 Å². The van der Waals surface area contributed by atoms with E-state index in [4.69, 9.17) is 16.3 Å². The van der Waals surface area contributed by atoms with Gasteiger partial charge in [0, 0.05) is 37.1 Å². The summed E-state index contributed by atoms with van der Waals surface area (Å²) in [5, 5.41) is 0.553. The molecule has 0 spiro atoms. The quantitative estimate of drug-likeness (QED) is 0.867. The van der Waals surface area contributed by atoms with Gasteiger partial charge < -0.3 is 9.64 Å². The molecule has 1 saturated heterocycles. The monoisotopic (exact) mass is 318 g/mol. The van der Waals surface area contributed by atoms with Gasteiger partial charge in [0.1, 0.15) is 5.02 Å². The van der Waals surface area contributed by atoms with Gasteiger partial charge in [-0.3, -0.25) is 0 Å². The van der Waals surface area contributed by atoms with Gasteiger partial charge in [0.05, 0.1) is 6.61 Å².